The molecule has 0 aromatic carbocycles. The monoisotopic (exact) mass is 284 g/mol. The Hall–Kier alpha value is -1.18. The minimum atomic E-state index is 0.000427. The van der Waals surface area contributed by atoms with E-state index in [-0.39, 0.29) is 5.41 Å². The van der Waals surface area contributed by atoms with Gasteiger partial charge in [-0.2, -0.15) is 0 Å². The normalized spacial score (nSPS) is 38.8. The van der Waals surface area contributed by atoms with Gasteiger partial charge in [0.2, 0.25) is 0 Å². The first-order valence-electron chi connectivity index (χ1n) is 8.64. The molecule has 0 aromatic rings. The third-order valence-electron chi connectivity index (χ3n) is 6.81. The Morgan fingerprint density at radius 2 is 1.95 bits per heavy atom. The first-order valence-corrected chi connectivity index (χ1v) is 8.64. The fourth-order valence-corrected chi connectivity index (χ4v) is 5.77. The highest BCUT2D eigenvalue weighted by molar-refractivity contribution is 5.93. The molecule has 0 amide bonds. The van der Waals surface area contributed by atoms with E-state index >= 15 is 0 Å². The zero-order chi connectivity index (χ0) is 14.6. The maximum atomic E-state index is 12.5. The third-order valence-corrected chi connectivity index (χ3v) is 6.81. The van der Waals surface area contributed by atoms with Crippen molar-refractivity contribution in [2.75, 3.05) is 0 Å². The zero-order valence-electron chi connectivity index (χ0n) is 12.9. The van der Waals surface area contributed by atoms with Crippen LogP contribution in [-0.2, 0) is 9.59 Å². The predicted octanol–water partition coefficient (Wildman–Crippen LogP) is 4.15. The molecule has 0 aromatic heterocycles. The molecule has 112 valence electrons. The lowest BCUT2D eigenvalue weighted by Crippen LogP contribution is -2.42. The van der Waals surface area contributed by atoms with E-state index in [1.54, 1.807) is 5.57 Å². The summed E-state index contributed by atoms with van der Waals surface area (Å²) in [4.78, 5) is 24.1. The van der Waals surface area contributed by atoms with Gasteiger partial charge in [0, 0.05) is 18.3 Å². The van der Waals surface area contributed by atoms with Gasteiger partial charge in [0.15, 0.2) is 5.78 Å². The first kappa shape index (κ1) is 13.5. The molecule has 4 aliphatic rings. The number of Topliss-reactive ketones (excluding diaryl/α,β-unsaturated/α-hetero) is 1. The Balaban J connectivity index is 1.76. The molecular formula is C19H24O2. The number of hydrogen-bond donors (Lipinski definition) is 0. The summed E-state index contributed by atoms with van der Waals surface area (Å²) in [7, 11) is 0. The molecule has 0 spiro atoms. The van der Waals surface area contributed by atoms with Crippen LogP contribution >= 0.6 is 0 Å². The summed E-state index contributed by atoms with van der Waals surface area (Å²) in [6, 6.07) is 0. The van der Waals surface area contributed by atoms with E-state index in [0.29, 0.717) is 29.8 Å². The average Bonchev–Trinajstić information content (AvgIpc) is 2.84. The number of carbonyl (C=O) groups excluding carboxylic acids is 2. The van der Waals surface area contributed by atoms with Gasteiger partial charge in [-0.3, -0.25) is 9.59 Å². The lowest BCUT2D eigenvalue weighted by atomic mass is 9.56. The lowest BCUT2D eigenvalue weighted by Gasteiger charge is -2.47. The summed E-state index contributed by atoms with van der Waals surface area (Å²) >= 11 is 0. The van der Waals surface area contributed by atoms with Gasteiger partial charge in [0.05, 0.1) is 0 Å². The molecule has 0 radical (unpaired) electrons. The van der Waals surface area contributed by atoms with E-state index in [1.165, 1.54) is 11.1 Å². The van der Waals surface area contributed by atoms with Crippen LogP contribution < -0.4 is 0 Å². The van der Waals surface area contributed by atoms with Crippen LogP contribution in [0.4, 0.5) is 0 Å². The third kappa shape index (κ3) is 1.77. The fraction of sp³-hybridized carbons (Fsp3) is 0.684. The number of carbonyl (C=O) groups is 2. The van der Waals surface area contributed by atoms with Crippen molar-refractivity contribution in [3.05, 3.63) is 22.8 Å². The van der Waals surface area contributed by atoms with Crippen molar-refractivity contribution in [1.29, 1.82) is 0 Å². The van der Waals surface area contributed by atoms with Gasteiger partial charge in [0.25, 0.3) is 0 Å². The summed E-state index contributed by atoms with van der Waals surface area (Å²) in [5, 5.41) is 0. The van der Waals surface area contributed by atoms with Crippen molar-refractivity contribution in [2.24, 2.45) is 17.3 Å². The maximum absolute atomic E-state index is 12.5. The Kier molecular flexibility index (Phi) is 2.99. The van der Waals surface area contributed by atoms with Crippen LogP contribution in [0, 0.1) is 17.3 Å². The smallest absolute Gasteiger partial charge is 0.156 e. The molecule has 0 heterocycles. The number of allylic oxidation sites excluding steroid dienone is 4. The molecule has 0 bridgehead atoms. The second-order valence-corrected chi connectivity index (χ2v) is 7.36. The van der Waals surface area contributed by atoms with Crippen LogP contribution in [0.25, 0.3) is 0 Å². The van der Waals surface area contributed by atoms with Crippen molar-refractivity contribution < 1.29 is 9.59 Å². The van der Waals surface area contributed by atoms with Crippen molar-refractivity contribution in [3.63, 3.8) is 0 Å². The molecule has 4 rings (SSSR count). The topological polar surface area (TPSA) is 34.1 Å². The highest BCUT2D eigenvalue weighted by Gasteiger charge is 2.54. The molecule has 0 N–H and O–H groups in total. The number of rotatable bonds is 1. The van der Waals surface area contributed by atoms with Gasteiger partial charge < -0.3 is 0 Å². The molecule has 2 saturated carbocycles. The Morgan fingerprint density at radius 1 is 1.10 bits per heavy atom. The van der Waals surface area contributed by atoms with Crippen LogP contribution in [0.15, 0.2) is 22.8 Å². The molecule has 0 saturated heterocycles. The van der Waals surface area contributed by atoms with Gasteiger partial charge >= 0.3 is 0 Å². The maximum Gasteiger partial charge on any atom is 0.156 e. The lowest BCUT2D eigenvalue weighted by molar-refractivity contribution is -0.129. The van der Waals surface area contributed by atoms with Crippen molar-refractivity contribution in [1.82, 2.24) is 0 Å². The van der Waals surface area contributed by atoms with Crippen LogP contribution in [0.5, 0.6) is 0 Å². The molecule has 2 nitrogen and oxygen atoms in total. The van der Waals surface area contributed by atoms with E-state index in [1.807, 2.05) is 6.08 Å². The number of fused-ring (bicyclic) bond motifs is 4. The molecule has 2 fully saturated rings. The fourth-order valence-electron chi connectivity index (χ4n) is 5.77. The zero-order valence-corrected chi connectivity index (χ0v) is 12.9. The van der Waals surface area contributed by atoms with Gasteiger partial charge in [-0.1, -0.05) is 12.5 Å². The standard InChI is InChI=1S/C19H24O2/c1-2-19-10-9-15-14-6-4-13(20)11-12(14)3-5-16(15)17(19)7-8-18(19)21/h11,16-17H,2-10H2,1H3/t16-,17+,19+/m1/s1. The van der Waals surface area contributed by atoms with Crippen molar-refractivity contribution >= 4 is 11.6 Å². The summed E-state index contributed by atoms with van der Waals surface area (Å²) in [5.74, 6) is 2.07. The van der Waals surface area contributed by atoms with Gasteiger partial charge in [0.1, 0.15) is 5.78 Å². The molecule has 0 aliphatic heterocycles. The minimum absolute atomic E-state index is 0.000427. The van der Waals surface area contributed by atoms with Gasteiger partial charge in [-0.25, -0.2) is 0 Å². The van der Waals surface area contributed by atoms with E-state index < -0.39 is 0 Å². The van der Waals surface area contributed by atoms with E-state index in [2.05, 4.69) is 6.92 Å². The molecular weight excluding hydrogens is 260 g/mol. The van der Waals surface area contributed by atoms with Crippen LogP contribution in [0.1, 0.15) is 64.7 Å². The molecule has 2 heteroatoms. The quantitative estimate of drug-likeness (QED) is 0.725. The summed E-state index contributed by atoms with van der Waals surface area (Å²) in [5.41, 5.74) is 4.46. The molecule has 4 aliphatic carbocycles. The van der Waals surface area contributed by atoms with Crippen molar-refractivity contribution in [3.8, 4) is 0 Å². The van der Waals surface area contributed by atoms with Gasteiger partial charge in [-0.05, 0) is 74.0 Å². The van der Waals surface area contributed by atoms with Crippen LogP contribution in [0.3, 0.4) is 0 Å². The number of ketones is 2. The highest BCUT2D eigenvalue weighted by Crippen LogP contribution is 2.59. The Bertz CT molecular complexity index is 580. The molecule has 21 heavy (non-hydrogen) atoms. The van der Waals surface area contributed by atoms with Crippen LogP contribution in [-0.4, -0.2) is 11.6 Å². The highest BCUT2D eigenvalue weighted by atomic mass is 16.1. The molecule has 3 atom stereocenters. The SMILES string of the molecule is CC[C@]12CCC3=C4CCC(=O)C=C4CC[C@H]3[C@@H]1CCC2=O. The Labute approximate surface area is 126 Å². The van der Waals surface area contributed by atoms with Gasteiger partial charge in [-0.15, -0.1) is 0 Å². The predicted molar refractivity (Wildman–Crippen MR) is 81.8 cm³/mol. The second-order valence-electron chi connectivity index (χ2n) is 7.36. The Morgan fingerprint density at radius 3 is 2.76 bits per heavy atom. The first-order chi connectivity index (χ1) is 10.2. The van der Waals surface area contributed by atoms with E-state index in [0.717, 1.165) is 51.4 Å². The van der Waals surface area contributed by atoms with E-state index in [4.69, 9.17) is 0 Å². The van der Waals surface area contributed by atoms with Crippen LogP contribution in [0.2, 0.25) is 0 Å². The summed E-state index contributed by atoms with van der Waals surface area (Å²) in [6.45, 7) is 2.21. The minimum Gasteiger partial charge on any atom is -0.299 e. The number of hydrogen-bond acceptors (Lipinski definition) is 2. The largest absolute Gasteiger partial charge is 0.299 e. The van der Waals surface area contributed by atoms with Crippen molar-refractivity contribution in [2.45, 2.75) is 64.7 Å². The summed E-state index contributed by atoms with van der Waals surface area (Å²) < 4.78 is 0. The van der Waals surface area contributed by atoms with E-state index in [9.17, 15) is 9.59 Å². The molecule has 0 unspecified atom stereocenters. The second kappa shape index (κ2) is 4.66. The average molecular weight is 284 g/mol. The summed E-state index contributed by atoms with van der Waals surface area (Å²) in [6.07, 6.45) is 10.9.